The number of halogens is 1. The summed E-state index contributed by atoms with van der Waals surface area (Å²) >= 11 is 5.98. The molecule has 30 heavy (non-hydrogen) atoms. The fraction of sp³-hybridized carbons (Fsp3) is 0.636. The molecule has 6 nitrogen and oxygen atoms in total. The maximum atomic E-state index is 12.5. The van der Waals surface area contributed by atoms with Gasteiger partial charge in [-0.3, -0.25) is 9.10 Å². The van der Waals surface area contributed by atoms with Crippen molar-refractivity contribution in [2.45, 2.75) is 77.6 Å². The minimum Gasteiger partial charge on any atom is -0.271 e. The second-order valence-corrected chi connectivity index (χ2v) is 10.4. The quantitative estimate of drug-likeness (QED) is 0.620. The van der Waals surface area contributed by atoms with E-state index in [0.717, 1.165) is 42.0 Å². The number of carbonyl (C=O) groups excluding carboxylic acids is 1. The van der Waals surface area contributed by atoms with Crippen molar-refractivity contribution in [3.63, 3.8) is 0 Å². The van der Waals surface area contributed by atoms with Gasteiger partial charge in [-0.2, -0.15) is 5.10 Å². The van der Waals surface area contributed by atoms with Crippen molar-refractivity contribution in [2.24, 2.45) is 5.10 Å². The summed E-state index contributed by atoms with van der Waals surface area (Å²) in [4.78, 5) is 12.5. The van der Waals surface area contributed by atoms with Gasteiger partial charge in [0.05, 0.1) is 11.9 Å². The number of nitrogens with zero attached hydrogens (tertiary/aromatic N) is 2. The van der Waals surface area contributed by atoms with E-state index in [1.807, 2.05) is 0 Å². The second-order valence-electron chi connectivity index (χ2n) is 8.10. The zero-order valence-electron chi connectivity index (χ0n) is 18.1. The molecule has 0 unspecified atom stereocenters. The van der Waals surface area contributed by atoms with Crippen LogP contribution in [0.3, 0.4) is 0 Å². The first-order chi connectivity index (χ1) is 14.3. The molecule has 1 amide bonds. The summed E-state index contributed by atoms with van der Waals surface area (Å²) in [5.74, 6) is -0.451. The lowest BCUT2D eigenvalue weighted by atomic mass is 10.00. The molecule has 1 aliphatic carbocycles. The molecule has 0 aromatic heterocycles. The molecular weight excluding hydrogens is 422 g/mol. The summed E-state index contributed by atoms with van der Waals surface area (Å²) in [7, 11) is -3.64. The van der Waals surface area contributed by atoms with E-state index in [0.29, 0.717) is 16.3 Å². The van der Waals surface area contributed by atoms with Gasteiger partial charge in [0.15, 0.2) is 0 Å². The number of nitrogens with one attached hydrogen (secondary N) is 1. The molecule has 1 fully saturated rings. The number of benzene rings is 1. The molecule has 0 saturated heterocycles. The SMILES string of the molecule is Cc1cc(Cl)ccc1N(CC(=O)NN=C1CCCCCCCCCCC1)S(C)(=O)=O. The van der Waals surface area contributed by atoms with Crippen LogP contribution >= 0.6 is 11.6 Å². The Labute approximate surface area is 186 Å². The number of anilines is 1. The lowest BCUT2D eigenvalue weighted by Gasteiger charge is -2.23. The first-order valence-corrected chi connectivity index (χ1v) is 13.1. The first kappa shape index (κ1) is 24.7. The van der Waals surface area contributed by atoms with Crippen molar-refractivity contribution in [3.05, 3.63) is 28.8 Å². The monoisotopic (exact) mass is 455 g/mol. The van der Waals surface area contributed by atoms with E-state index in [1.54, 1.807) is 25.1 Å². The van der Waals surface area contributed by atoms with Gasteiger partial charge in [0, 0.05) is 10.7 Å². The lowest BCUT2D eigenvalue weighted by Crippen LogP contribution is -2.39. The first-order valence-electron chi connectivity index (χ1n) is 10.9. The van der Waals surface area contributed by atoms with Gasteiger partial charge in [0.25, 0.3) is 5.91 Å². The molecule has 0 bridgehead atoms. The van der Waals surface area contributed by atoms with Crippen LogP contribution in [-0.2, 0) is 14.8 Å². The summed E-state index contributed by atoms with van der Waals surface area (Å²) < 4.78 is 25.7. The van der Waals surface area contributed by atoms with E-state index >= 15 is 0 Å². The maximum Gasteiger partial charge on any atom is 0.260 e. The largest absolute Gasteiger partial charge is 0.271 e. The fourth-order valence-corrected chi connectivity index (χ4v) is 4.86. The molecular formula is C22H34ClN3O3S. The van der Waals surface area contributed by atoms with Crippen LogP contribution in [-0.4, -0.2) is 32.8 Å². The fourth-order valence-electron chi connectivity index (χ4n) is 3.72. The molecule has 0 aliphatic heterocycles. The number of sulfonamides is 1. The Morgan fingerprint density at radius 2 is 1.57 bits per heavy atom. The van der Waals surface area contributed by atoms with Gasteiger partial charge in [0.1, 0.15) is 6.54 Å². The molecule has 2 rings (SSSR count). The lowest BCUT2D eigenvalue weighted by molar-refractivity contribution is -0.119. The molecule has 1 aliphatic rings. The van der Waals surface area contributed by atoms with Gasteiger partial charge in [-0.05, 0) is 56.4 Å². The van der Waals surface area contributed by atoms with Crippen molar-refractivity contribution < 1.29 is 13.2 Å². The van der Waals surface area contributed by atoms with Crippen molar-refractivity contribution in [2.75, 3.05) is 17.1 Å². The van der Waals surface area contributed by atoms with Gasteiger partial charge in [-0.1, -0.05) is 56.5 Å². The van der Waals surface area contributed by atoms with Crippen LogP contribution in [0.5, 0.6) is 0 Å². The smallest absolute Gasteiger partial charge is 0.260 e. The van der Waals surface area contributed by atoms with Crippen LogP contribution in [0, 0.1) is 6.92 Å². The predicted octanol–water partition coefficient (Wildman–Crippen LogP) is 5.19. The highest BCUT2D eigenvalue weighted by Crippen LogP contribution is 2.25. The van der Waals surface area contributed by atoms with Crippen LogP contribution < -0.4 is 9.73 Å². The number of hydrazone groups is 1. The van der Waals surface area contributed by atoms with Crippen LogP contribution in [0.4, 0.5) is 5.69 Å². The molecule has 1 N–H and O–H groups in total. The Balaban J connectivity index is 2.04. The van der Waals surface area contributed by atoms with E-state index in [1.165, 1.54) is 44.9 Å². The average molecular weight is 456 g/mol. The Morgan fingerprint density at radius 1 is 1.03 bits per heavy atom. The van der Waals surface area contributed by atoms with E-state index in [-0.39, 0.29) is 6.54 Å². The highest BCUT2D eigenvalue weighted by atomic mass is 35.5. The van der Waals surface area contributed by atoms with Crippen LogP contribution in [0.25, 0.3) is 0 Å². The highest BCUT2D eigenvalue weighted by Gasteiger charge is 2.22. The van der Waals surface area contributed by atoms with Crippen molar-refractivity contribution >= 4 is 38.9 Å². The minimum atomic E-state index is -3.64. The van der Waals surface area contributed by atoms with Crippen LogP contribution in [0.1, 0.15) is 76.2 Å². The molecule has 1 aromatic rings. The maximum absolute atomic E-state index is 12.5. The van der Waals surface area contributed by atoms with Gasteiger partial charge >= 0.3 is 0 Å². The Hall–Kier alpha value is -1.60. The average Bonchev–Trinajstić information content (AvgIpc) is 2.65. The molecule has 0 heterocycles. The zero-order chi connectivity index (χ0) is 22.0. The summed E-state index contributed by atoms with van der Waals surface area (Å²) in [6, 6.07) is 4.91. The summed E-state index contributed by atoms with van der Waals surface area (Å²) in [6.45, 7) is 1.44. The topological polar surface area (TPSA) is 78.8 Å². The number of hydrogen-bond acceptors (Lipinski definition) is 4. The molecule has 0 spiro atoms. The highest BCUT2D eigenvalue weighted by molar-refractivity contribution is 7.92. The van der Waals surface area contributed by atoms with Crippen molar-refractivity contribution in [1.29, 1.82) is 0 Å². The van der Waals surface area contributed by atoms with Gasteiger partial charge in [-0.15, -0.1) is 0 Å². The molecule has 8 heteroatoms. The molecule has 168 valence electrons. The number of carbonyl (C=O) groups is 1. The Bertz CT molecular complexity index is 826. The molecule has 1 aromatic carbocycles. The van der Waals surface area contributed by atoms with E-state index in [9.17, 15) is 13.2 Å². The molecule has 0 radical (unpaired) electrons. The van der Waals surface area contributed by atoms with Crippen molar-refractivity contribution in [3.8, 4) is 0 Å². The second kappa shape index (κ2) is 12.3. The minimum absolute atomic E-state index is 0.321. The third kappa shape index (κ3) is 8.64. The van der Waals surface area contributed by atoms with Crippen molar-refractivity contribution in [1.82, 2.24) is 5.43 Å². The normalized spacial score (nSPS) is 16.8. The standard InChI is InChI=1S/C22H34ClN3O3S/c1-18-16-19(23)14-15-21(18)26(30(2,28)29)17-22(27)25-24-20-12-10-8-6-4-3-5-7-9-11-13-20/h14-16H,3-13,17H2,1-2H3,(H,25,27). The Kier molecular flexibility index (Phi) is 10.1. The van der Waals surface area contributed by atoms with E-state index in [2.05, 4.69) is 10.5 Å². The van der Waals surface area contributed by atoms with Gasteiger partial charge < -0.3 is 0 Å². The summed E-state index contributed by atoms with van der Waals surface area (Å²) in [6.07, 6.45) is 13.8. The number of hydrogen-bond donors (Lipinski definition) is 1. The third-order valence-corrected chi connectivity index (χ3v) is 6.75. The van der Waals surface area contributed by atoms with Crippen LogP contribution in [0.2, 0.25) is 5.02 Å². The summed E-state index contributed by atoms with van der Waals surface area (Å²) in [5.41, 5.74) is 4.71. The summed E-state index contributed by atoms with van der Waals surface area (Å²) in [5, 5.41) is 4.87. The number of amides is 1. The molecule has 0 atom stereocenters. The van der Waals surface area contributed by atoms with Crippen LogP contribution in [0.15, 0.2) is 23.3 Å². The van der Waals surface area contributed by atoms with Gasteiger partial charge in [-0.25, -0.2) is 13.8 Å². The predicted molar refractivity (Wildman–Crippen MR) is 125 cm³/mol. The van der Waals surface area contributed by atoms with E-state index in [4.69, 9.17) is 11.6 Å². The zero-order valence-corrected chi connectivity index (χ0v) is 19.7. The molecule has 1 saturated carbocycles. The van der Waals surface area contributed by atoms with Gasteiger partial charge in [0.2, 0.25) is 10.0 Å². The number of aryl methyl sites for hydroxylation is 1. The number of rotatable bonds is 5. The van der Waals surface area contributed by atoms with E-state index < -0.39 is 15.9 Å². The third-order valence-electron chi connectivity index (χ3n) is 5.38. The Morgan fingerprint density at radius 3 is 2.07 bits per heavy atom.